The Morgan fingerprint density at radius 1 is 1.11 bits per heavy atom. The lowest BCUT2D eigenvalue weighted by atomic mass is 9.88. The first-order chi connectivity index (χ1) is 9.30. The molecule has 1 aliphatic rings. The molecule has 1 saturated heterocycles. The van der Waals surface area contributed by atoms with Crippen molar-refractivity contribution in [1.82, 2.24) is 5.32 Å². The molecule has 0 bridgehead atoms. The summed E-state index contributed by atoms with van der Waals surface area (Å²) in [7, 11) is 3.52. The minimum absolute atomic E-state index is 0.584. The second-order valence-electron chi connectivity index (χ2n) is 5.18. The average Bonchev–Trinajstić information content (AvgIpc) is 2.48. The van der Waals surface area contributed by atoms with Gasteiger partial charge in [-0.3, -0.25) is 0 Å². The summed E-state index contributed by atoms with van der Waals surface area (Å²) < 4.78 is 11.2. The zero-order valence-corrected chi connectivity index (χ0v) is 12.3. The molecule has 1 aromatic carbocycles. The lowest BCUT2D eigenvalue weighted by Gasteiger charge is -2.25. The molecule has 0 unspecified atom stereocenters. The highest BCUT2D eigenvalue weighted by molar-refractivity contribution is 5.48. The molecule has 0 spiro atoms. The summed E-state index contributed by atoms with van der Waals surface area (Å²) in [6.07, 6.45) is 4.50. The Morgan fingerprint density at radius 2 is 1.79 bits per heavy atom. The highest BCUT2D eigenvalue weighted by Crippen LogP contribution is 2.37. The smallest absolute Gasteiger partial charge is 0.122 e. The SMILES string of the molecule is CCCc1cc(OC)c(C2CCNCC2)cc1OC. The molecule has 1 N–H and O–H groups in total. The van der Waals surface area contributed by atoms with Crippen LogP contribution in [0.3, 0.4) is 0 Å². The minimum Gasteiger partial charge on any atom is -0.496 e. The first-order valence-electron chi connectivity index (χ1n) is 7.25. The second-order valence-corrected chi connectivity index (χ2v) is 5.18. The topological polar surface area (TPSA) is 30.5 Å². The zero-order valence-electron chi connectivity index (χ0n) is 12.3. The summed E-state index contributed by atoms with van der Waals surface area (Å²) in [6, 6.07) is 4.36. The molecule has 1 aliphatic heterocycles. The van der Waals surface area contributed by atoms with Crippen LogP contribution in [0.4, 0.5) is 0 Å². The molecule has 0 aliphatic carbocycles. The highest BCUT2D eigenvalue weighted by atomic mass is 16.5. The molecule has 3 heteroatoms. The van der Waals surface area contributed by atoms with Gasteiger partial charge in [-0.05, 0) is 56.0 Å². The molecule has 1 fully saturated rings. The minimum atomic E-state index is 0.584. The number of hydrogen-bond acceptors (Lipinski definition) is 3. The van der Waals surface area contributed by atoms with Crippen LogP contribution in [0.2, 0.25) is 0 Å². The van der Waals surface area contributed by atoms with Crippen LogP contribution in [0.25, 0.3) is 0 Å². The Hall–Kier alpha value is -1.22. The van der Waals surface area contributed by atoms with Crippen molar-refractivity contribution in [3.05, 3.63) is 23.3 Å². The summed E-state index contributed by atoms with van der Waals surface area (Å²) in [4.78, 5) is 0. The highest BCUT2D eigenvalue weighted by Gasteiger charge is 2.21. The van der Waals surface area contributed by atoms with Crippen molar-refractivity contribution >= 4 is 0 Å². The molecule has 0 radical (unpaired) electrons. The Labute approximate surface area is 116 Å². The molecule has 0 aromatic heterocycles. The largest absolute Gasteiger partial charge is 0.496 e. The Balaban J connectivity index is 2.35. The predicted octanol–water partition coefficient (Wildman–Crippen LogP) is 3.12. The van der Waals surface area contributed by atoms with Gasteiger partial charge in [-0.1, -0.05) is 13.3 Å². The maximum absolute atomic E-state index is 5.61. The molecule has 106 valence electrons. The van der Waals surface area contributed by atoms with E-state index in [1.807, 2.05) is 0 Å². The van der Waals surface area contributed by atoms with E-state index in [4.69, 9.17) is 9.47 Å². The normalized spacial score (nSPS) is 16.4. The fraction of sp³-hybridized carbons (Fsp3) is 0.625. The molecule has 0 atom stereocenters. The maximum atomic E-state index is 5.61. The number of ether oxygens (including phenoxy) is 2. The molecular weight excluding hydrogens is 238 g/mol. The summed E-state index contributed by atoms with van der Waals surface area (Å²) >= 11 is 0. The van der Waals surface area contributed by atoms with Gasteiger partial charge in [-0.15, -0.1) is 0 Å². The standard InChI is InChI=1S/C16H25NO2/c1-4-5-13-10-16(19-3)14(11-15(13)18-2)12-6-8-17-9-7-12/h10-12,17H,4-9H2,1-3H3. The van der Waals surface area contributed by atoms with Gasteiger partial charge in [-0.25, -0.2) is 0 Å². The lowest BCUT2D eigenvalue weighted by molar-refractivity contribution is 0.380. The van der Waals surface area contributed by atoms with E-state index in [1.165, 1.54) is 24.0 Å². The van der Waals surface area contributed by atoms with Crippen LogP contribution < -0.4 is 14.8 Å². The third kappa shape index (κ3) is 3.21. The third-order valence-corrected chi connectivity index (χ3v) is 3.93. The van der Waals surface area contributed by atoms with Crippen molar-refractivity contribution in [3.63, 3.8) is 0 Å². The molecular formula is C16H25NO2. The van der Waals surface area contributed by atoms with Gasteiger partial charge >= 0.3 is 0 Å². The van der Waals surface area contributed by atoms with E-state index in [2.05, 4.69) is 24.4 Å². The van der Waals surface area contributed by atoms with Crippen LogP contribution in [0.15, 0.2) is 12.1 Å². The Kier molecular flexibility index (Phi) is 5.08. The van der Waals surface area contributed by atoms with Gasteiger partial charge in [0.2, 0.25) is 0 Å². The van der Waals surface area contributed by atoms with Crippen LogP contribution in [0.5, 0.6) is 11.5 Å². The molecule has 1 aromatic rings. The van der Waals surface area contributed by atoms with Gasteiger partial charge in [0.1, 0.15) is 11.5 Å². The third-order valence-electron chi connectivity index (χ3n) is 3.93. The van der Waals surface area contributed by atoms with E-state index in [9.17, 15) is 0 Å². The maximum Gasteiger partial charge on any atom is 0.122 e. The van der Waals surface area contributed by atoms with Gasteiger partial charge in [-0.2, -0.15) is 0 Å². The molecule has 19 heavy (non-hydrogen) atoms. The molecule has 0 amide bonds. The number of rotatable bonds is 5. The van der Waals surface area contributed by atoms with Crippen molar-refractivity contribution in [1.29, 1.82) is 0 Å². The number of hydrogen-bond donors (Lipinski definition) is 1. The van der Waals surface area contributed by atoms with Crippen molar-refractivity contribution < 1.29 is 9.47 Å². The molecule has 3 nitrogen and oxygen atoms in total. The first-order valence-corrected chi connectivity index (χ1v) is 7.25. The van der Waals surface area contributed by atoms with Crippen molar-refractivity contribution in [3.8, 4) is 11.5 Å². The van der Waals surface area contributed by atoms with Gasteiger partial charge in [0.25, 0.3) is 0 Å². The molecule has 2 rings (SSSR count). The molecule has 0 saturated carbocycles. The van der Waals surface area contributed by atoms with E-state index in [0.29, 0.717) is 5.92 Å². The monoisotopic (exact) mass is 263 g/mol. The van der Waals surface area contributed by atoms with Gasteiger partial charge < -0.3 is 14.8 Å². The number of nitrogens with one attached hydrogen (secondary N) is 1. The van der Waals surface area contributed by atoms with E-state index in [1.54, 1.807) is 14.2 Å². The molecule has 1 heterocycles. The van der Waals surface area contributed by atoms with Gasteiger partial charge in [0.15, 0.2) is 0 Å². The fourth-order valence-electron chi connectivity index (χ4n) is 2.90. The van der Waals surface area contributed by atoms with Crippen LogP contribution >= 0.6 is 0 Å². The predicted molar refractivity (Wildman–Crippen MR) is 78.4 cm³/mol. The van der Waals surface area contributed by atoms with Crippen LogP contribution in [-0.2, 0) is 6.42 Å². The first kappa shape index (κ1) is 14.2. The number of piperidine rings is 1. The summed E-state index contributed by atoms with van der Waals surface area (Å²) in [5.74, 6) is 2.62. The van der Waals surface area contributed by atoms with Crippen LogP contribution in [-0.4, -0.2) is 27.3 Å². The van der Waals surface area contributed by atoms with Crippen molar-refractivity contribution in [2.24, 2.45) is 0 Å². The summed E-state index contributed by atoms with van der Waals surface area (Å²) in [5, 5.41) is 3.41. The van der Waals surface area contributed by atoms with E-state index in [0.717, 1.165) is 37.4 Å². The van der Waals surface area contributed by atoms with E-state index >= 15 is 0 Å². The second kappa shape index (κ2) is 6.80. The van der Waals surface area contributed by atoms with Crippen molar-refractivity contribution in [2.45, 2.75) is 38.5 Å². The quantitative estimate of drug-likeness (QED) is 0.885. The average molecular weight is 263 g/mol. The summed E-state index contributed by atoms with van der Waals surface area (Å²) in [5.41, 5.74) is 2.56. The Bertz CT molecular complexity index is 411. The van der Waals surface area contributed by atoms with Gasteiger partial charge in [0.05, 0.1) is 14.2 Å². The number of methoxy groups -OCH3 is 2. The summed E-state index contributed by atoms with van der Waals surface area (Å²) in [6.45, 7) is 4.37. The Morgan fingerprint density at radius 3 is 2.37 bits per heavy atom. The van der Waals surface area contributed by atoms with E-state index in [-0.39, 0.29) is 0 Å². The zero-order chi connectivity index (χ0) is 13.7. The van der Waals surface area contributed by atoms with E-state index < -0.39 is 0 Å². The van der Waals surface area contributed by atoms with Crippen LogP contribution in [0.1, 0.15) is 43.2 Å². The van der Waals surface area contributed by atoms with Gasteiger partial charge in [0, 0.05) is 5.56 Å². The lowest BCUT2D eigenvalue weighted by Crippen LogP contribution is -2.26. The number of benzene rings is 1. The van der Waals surface area contributed by atoms with Crippen LogP contribution in [0, 0.1) is 0 Å². The number of aryl methyl sites for hydroxylation is 1. The van der Waals surface area contributed by atoms with Crippen molar-refractivity contribution in [2.75, 3.05) is 27.3 Å². The fourth-order valence-corrected chi connectivity index (χ4v) is 2.90.